The molecule has 2 heterocycles. The van der Waals surface area contributed by atoms with Crippen LogP contribution in [-0.2, 0) is 6.54 Å². The van der Waals surface area contributed by atoms with Gasteiger partial charge in [0, 0.05) is 11.6 Å². The fourth-order valence-electron chi connectivity index (χ4n) is 2.91. The highest BCUT2D eigenvalue weighted by atomic mass is 15.3. The van der Waals surface area contributed by atoms with Gasteiger partial charge in [0.05, 0.1) is 29.6 Å². The van der Waals surface area contributed by atoms with Crippen molar-refractivity contribution in [2.45, 2.75) is 13.5 Å². The van der Waals surface area contributed by atoms with E-state index in [1.165, 1.54) is 11.1 Å². The molecule has 0 aliphatic carbocycles. The Balaban J connectivity index is 1.64. The molecule has 0 aliphatic heterocycles. The Morgan fingerprint density at radius 3 is 2.85 bits per heavy atom. The fourth-order valence-corrected chi connectivity index (χ4v) is 2.91. The van der Waals surface area contributed by atoms with E-state index in [0.717, 1.165) is 16.6 Å². The maximum absolute atomic E-state index is 9.37. The lowest BCUT2D eigenvalue weighted by atomic mass is 10.1. The van der Waals surface area contributed by atoms with Crippen molar-refractivity contribution in [3.63, 3.8) is 0 Å². The molecule has 26 heavy (non-hydrogen) atoms. The lowest BCUT2D eigenvalue weighted by molar-refractivity contribution is 0.686. The summed E-state index contributed by atoms with van der Waals surface area (Å²) in [7, 11) is 0. The molecule has 0 aliphatic rings. The smallest absolute Gasteiger partial charge is 0.187 e. The highest BCUT2D eigenvalue weighted by molar-refractivity contribution is 5.94. The van der Waals surface area contributed by atoms with Crippen LogP contribution in [0, 0.1) is 18.3 Å². The quantitative estimate of drug-likeness (QED) is 0.611. The van der Waals surface area contributed by atoms with E-state index in [1.807, 2.05) is 41.2 Å². The van der Waals surface area contributed by atoms with Gasteiger partial charge in [-0.3, -0.25) is 4.68 Å². The minimum atomic E-state index is 0.259. The summed E-state index contributed by atoms with van der Waals surface area (Å²) in [6, 6.07) is 18.0. The third-order valence-electron chi connectivity index (χ3n) is 4.10. The monoisotopic (exact) mass is 340 g/mol. The van der Waals surface area contributed by atoms with Gasteiger partial charge in [0.1, 0.15) is 6.07 Å². The molecule has 0 radical (unpaired) electrons. The number of aryl methyl sites for hydroxylation is 1. The van der Waals surface area contributed by atoms with Crippen LogP contribution in [0.3, 0.4) is 0 Å². The number of aromatic nitrogens is 4. The molecule has 0 fully saturated rings. The average Bonchev–Trinajstić information content (AvgIpc) is 3.09. The first-order chi connectivity index (χ1) is 12.7. The molecule has 126 valence electrons. The number of nitriles is 1. The van der Waals surface area contributed by atoms with Gasteiger partial charge in [-0.25, -0.2) is 0 Å². The Morgan fingerprint density at radius 2 is 2.00 bits per heavy atom. The van der Waals surface area contributed by atoms with Gasteiger partial charge in [0.15, 0.2) is 5.69 Å². The molecule has 0 atom stereocenters. The van der Waals surface area contributed by atoms with Gasteiger partial charge in [-0.15, -0.1) is 10.2 Å². The van der Waals surface area contributed by atoms with Gasteiger partial charge in [0.2, 0.25) is 0 Å². The van der Waals surface area contributed by atoms with E-state index in [0.29, 0.717) is 12.2 Å². The van der Waals surface area contributed by atoms with E-state index in [1.54, 1.807) is 6.20 Å². The molecule has 0 spiro atoms. The molecule has 0 bridgehead atoms. The first kappa shape index (κ1) is 15.8. The highest BCUT2D eigenvalue weighted by Crippen LogP contribution is 2.27. The van der Waals surface area contributed by atoms with E-state index in [9.17, 15) is 5.26 Å². The highest BCUT2D eigenvalue weighted by Gasteiger charge is 2.11. The van der Waals surface area contributed by atoms with Crippen LogP contribution < -0.4 is 5.32 Å². The third kappa shape index (κ3) is 3.10. The second kappa shape index (κ2) is 6.65. The summed E-state index contributed by atoms with van der Waals surface area (Å²) in [5.41, 5.74) is 4.85. The summed E-state index contributed by atoms with van der Waals surface area (Å²) < 4.78 is 1.86. The van der Waals surface area contributed by atoms with Crippen LogP contribution in [-0.4, -0.2) is 20.0 Å². The zero-order chi connectivity index (χ0) is 17.9. The van der Waals surface area contributed by atoms with Crippen LogP contribution in [0.2, 0.25) is 0 Å². The number of hydrogen-bond acceptors (Lipinski definition) is 5. The molecule has 0 amide bonds. The lowest BCUT2D eigenvalue weighted by Crippen LogP contribution is -2.01. The van der Waals surface area contributed by atoms with E-state index in [2.05, 4.69) is 51.8 Å². The molecule has 4 aromatic rings. The SMILES string of the molecule is Cc1cccc(Cn2cc(Nc3c(C#N)nnc4ccccc34)cn2)c1. The summed E-state index contributed by atoms with van der Waals surface area (Å²) in [4.78, 5) is 0. The maximum Gasteiger partial charge on any atom is 0.187 e. The van der Waals surface area contributed by atoms with E-state index < -0.39 is 0 Å². The number of nitrogens with zero attached hydrogens (tertiary/aromatic N) is 5. The molecule has 4 rings (SSSR count). The van der Waals surface area contributed by atoms with Crippen LogP contribution in [0.25, 0.3) is 10.9 Å². The van der Waals surface area contributed by atoms with Crippen molar-refractivity contribution in [3.8, 4) is 6.07 Å². The molecule has 6 heteroatoms. The number of fused-ring (bicyclic) bond motifs is 1. The molecule has 2 aromatic heterocycles. The van der Waals surface area contributed by atoms with Crippen LogP contribution >= 0.6 is 0 Å². The number of rotatable bonds is 4. The molecule has 6 nitrogen and oxygen atoms in total. The van der Waals surface area contributed by atoms with Gasteiger partial charge < -0.3 is 5.32 Å². The largest absolute Gasteiger partial charge is 0.350 e. The normalized spacial score (nSPS) is 10.6. The van der Waals surface area contributed by atoms with Crippen molar-refractivity contribution in [1.82, 2.24) is 20.0 Å². The van der Waals surface area contributed by atoms with Gasteiger partial charge in [-0.1, -0.05) is 48.0 Å². The van der Waals surface area contributed by atoms with E-state index in [-0.39, 0.29) is 5.69 Å². The first-order valence-corrected chi connectivity index (χ1v) is 8.23. The summed E-state index contributed by atoms with van der Waals surface area (Å²) in [5, 5.41) is 26.0. The predicted molar refractivity (Wildman–Crippen MR) is 100 cm³/mol. The Hall–Kier alpha value is -3.72. The van der Waals surface area contributed by atoms with Crippen molar-refractivity contribution < 1.29 is 0 Å². The fraction of sp³-hybridized carbons (Fsp3) is 0.100. The predicted octanol–water partition coefficient (Wildman–Crippen LogP) is 3.80. The van der Waals surface area contributed by atoms with E-state index in [4.69, 9.17) is 0 Å². The number of nitrogens with one attached hydrogen (secondary N) is 1. The molecular formula is C20H16N6. The summed E-state index contributed by atoms with van der Waals surface area (Å²) in [6.07, 6.45) is 3.66. The number of anilines is 2. The zero-order valence-corrected chi connectivity index (χ0v) is 14.2. The maximum atomic E-state index is 9.37. The van der Waals surface area contributed by atoms with Crippen LogP contribution in [0.15, 0.2) is 60.9 Å². The van der Waals surface area contributed by atoms with Crippen LogP contribution in [0.4, 0.5) is 11.4 Å². The number of benzene rings is 2. The molecule has 0 saturated carbocycles. The van der Waals surface area contributed by atoms with Gasteiger partial charge in [0.25, 0.3) is 0 Å². The Kier molecular flexibility index (Phi) is 4.04. The van der Waals surface area contributed by atoms with Crippen molar-refractivity contribution in [3.05, 3.63) is 77.7 Å². The Bertz CT molecular complexity index is 1120. The van der Waals surface area contributed by atoms with Crippen LogP contribution in [0.1, 0.15) is 16.8 Å². The molecular weight excluding hydrogens is 324 g/mol. The van der Waals surface area contributed by atoms with Crippen molar-refractivity contribution in [2.75, 3.05) is 5.32 Å². The topological polar surface area (TPSA) is 79.4 Å². The van der Waals surface area contributed by atoms with Crippen molar-refractivity contribution >= 4 is 22.3 Å². The lowest BCUT2D eigenvalue weighted by Gasteiger charge is -2.08. The van der Waals surface area contributed by atoms with Gasteiger partial charge in [-0.2, -0.15) is 10.4 Å². The molecule has 0 unspecified atom stereocenters. The molecule has 1 N–H and O–H groups in total. The average molecular weight is 340 g/mol. The van der Waals surface area contributed by atoms with Crippen LogP contribution in [0.5, 0.6) is 0 Å². The summed E-state index contributed by atoms with van der Waals surface area (Å²) >= 11 is 0. The van der Waals surface area contributed by atoms with Crippen molar-refractivity contribution in [1.29, 1.82) is 5.26 Å². The summed E-state index contributed by atoms with van der Waals surface area (Å²) in [5.74, 6) is 0. The second-order valence-electron chi connectivity index (χ2n) is 6.09. The van der Waals surface area contributed by atoms with E-state index >= 15 is 0 Å². The summed E-state index contributed by atoms with van der Waals surface area (Å²) in [6.45, 7) is 2.76. The van der Waals surface area contributed by atoms with Crippen molar-refractivity contribution in [2.24, 2.45) is 0 Å². The number of hydrogen-bond donors (Lipinski definition) is 1. The Morgan fingerprint density at radius 1 is 1.12 bits per heavy atom. The third-order valence-corrected chi connectivity index (χ3v) is 4.10. The van der Waals surface area contributed by atoms with Gasteiger partial charge in [-0.05, 0) is 18.6 Å². The molecule has 2 aromatic carbocycles. The first-order valence-electron chi connectivity index (χ1n) is 8.23. The molecule has 0 saturated heterocycles. The van der Waals surface area contributed by atoms with Gasteiger partial charge >= 0.3 is 0 Å². The minimum Gasteiger partial charge on any atom is -0.350 e. The minimum absolute atomic E-state index is 0.259. The zero-order valence-electron chi connectivity index (χ0n) is 14.2. The second-order valence-corrected chi connectivity index (χ2v) is 6.09. The standard InChI is InChI=1S/C20H16N6/c1-14-5-4-6-15(9-14)12-26-13-16(11-22-26)23-20-17-7-2-3-8-18(17)24-25-19(20)10-21/h2-9,11,13H,12H2,1H3,(H,23,24). The Labute approximate surface area is 150 Å².